The van der Waals surface area contributed by atoms with Crippen molar-refractivity contribution >= 4 is 27.5 Å². The van der Waals surface area contributed by atoms with E-state index in [1.807, 2.05) is 0 Å². The Kier molecular flexibility index (Phi) is 4.01. The first kappa shape index (κ1) is 6.51. The van der Waals surface area contributed by atoms with Crippen molar-refractivity contribution in [3.63, 3.8) is 0 Å². The second kappa shape index (κ2) is 3.69. The fourth-order valence-corrected chi connectivity index (χ4v) is 0.840. The minimum Gasteiger partial charge on any atom is -0.0924 e. The van der Waals surface area contributed by atoms with Crippen LogP contribution in [0.4, 0.5) is 0 Å². The third-order valence-corrected chi connectivity index (χ3v) is 0.919. The molecule has 0 bridgehead atoms. The molecule has 0 atom stereocenters. The summed E-state index contributed by atoms with van der Waals surface area (Å²) in [5.74, 6) is 0. The third-order valence-electron chi connectivity index (χ3n) is 0.333. The molecule has 0 heterocycles. The summed E-state index contributed by atoms with van der Waals surface area (Å²) in [6.07, 6.45) is 0.752. The van der Waals surface area contributed by atoms with E-state index in [0.717, 1.165) is 11.8 Å². The molecule has 6 heavy (non-hydrogen) atoms. The van der Waals surface area contributed by atoms with Crippen LogP contribution in [0.2, 0.25) is 0 Å². The van der Waals surface area contributed by atoms with Crippen molar-refractivity contribution in [3.05, 3.63) is 11.6 Å². The van der Waals surface area contributed by atoms with Gasteiger partial charge in [0.25, 0.3) is 0 Å². The molecule has 0 aliphatic carbocycles. The molecule has 1 radical (unpaired) electrons. The van der Waals surface area contributed by atoms with Crippen LogP contribution in [0.3, 0.4) is 0 Å². The molecule has 0 fully saturated rings. The van der Waals surface area contributed by atoms with Crippen molar-refractivity contribution in [1.29, 1.82) is 0 Å². The van der Waals surface area contributed by atoms with E-state index >= 15 is 0 Å². The van der Waals surface area contributed by atoms with Crippen LogP contribution in [0.1, 0.15) is 6.42 Å². The lowest BCUT2D eigenvalue weighted by molar-refractivity contribution is 1.23. The van der Waals surface area contributed by atoms with Crippen LogP contribution in [-0.2, 0) is 0 Å². The molecule has 35 valence electrons. The number of halogens is 2. The molecule has 0 aromatic heterocycles. The minimum absolute atomic E-state index is 0.465. The van der Waals surface area contributed by atoms with Crippen molar-refractivity contribution in [1.82, 2.24) is 0 Å². The van der Waals surface area contributed by atoms with Gasteiger partial charge in [0.05, 0.1) is 0 Å². The van der Waals surface area contributed by atoms with Gasteiger partial charge in [-0.15, -0.1) is 0 Å². The molecule has 0 unspecified atom stereocenters. The highest BCUT2D eigenvalue weighted by Crippen LogP contribution is 2.03. The number of allylic oxidation sites excluding steroid dienone is 1. The van der Waals surface area contributed by atoms with Crippen LogP contribution in [0.15, 0.2) is 5.03 Å². The van der Waals surface area contributed by atoms with E-state index in [4.69, 9.17) is 18.2 Å². The first-order valence-electron chi connectivity index (χ1n) is 1.60. The normalized spacial score (nSPS) is 8.33. The van der Waals surface area contributed by atoms with Gasteiger partial charge in [-0.05, 0) is 13.0 Å². The molecule has 0 saturated heterocycles. The van der Waals surface area contributed by atoms with E-state index in [2.05, 4.69) is 15.9 Å². The maximum atomic E-state index is 5.24. The molecule has 0 saturated carbocycles. The van der Waals surface area contributed by atoms with Gasteiger partial charge in [-0.1, -0.05) is 27.5 Å². The minimum atomic E-state index is 0.465. The highest BCUT2D eigenvalue weighted by atomic mass is 79.9. The van der Waals surface area contributed by atoms with Crippen LogP contribution >= 0.6 is 27.5 Å². The van der Waals surface area contributed by atoms with Crippen LogP contribution in [0.5, 0.6) is 0 Å². The average molecular weight is 168 g/mol. The van der Waals surface area contributed by atoms with Gasteiger partial charge in [-0.2, -0.15) is 0 Å². The monoisotopic (exact) mass is 167 g/mol. The van der Waals surface area contributed by atoms with E-state index in [1.54, 1.807) is 0 Å². The molecule has 0 aromatic carbocycles. The Bertz CT molecular complexity index is 51.5. The number of alkyl halides is 1. The van der Waals surface area contributed by atoms with Crippen molar-refractivity contribution in [2.24, 2.45) is 0 Å². The van der Waals surface area contributed by atoms with Crippen molar-refractivity contribution in [2.75, 3.05) is 5.33 Å². The summed E-state index contributed by atoms with van der Waals surface area (Å²) in [6, 6.07) is 0. The maximum absolute atomic E-state index is 5.24. The van der Waals surface area contributed by atoms with Crippen molar-refractivity contribution < 1.29 is 0 Å². The summed E-state index contributed by atoms with van der Waals surface area (Å²) in [6.45, 7) is 5.06. The van der Waals surface area contributed by atoms with E-state index in [9.17, 15) is 0 Å². The highest BCUT2D eigenvalue weighted by molar-refractivity contribution is 9.09. The average Bonchev–Trinajstić information content (AvgIpc) is 1.35. The summed E-state index contributed by atoms with van der Waals surface area (Å²) < 4.78 is 0. The van der Waals surface area contributed by atoms with Gasteiger partial charge in [-0.25, -0.2) is 0 Å². The predicted molar refractivity (Wildman–Crippen MR) is 32.1 cm³/mol. The smallest absolute Gasteiger partial charge is 0.0189 e. The fourth-order valence-electron chi connectivity index (χ4n) is 0.0903. The van der Waals surface area contributed by atoms with Gasteiger partial charge >= 0.3 is 0 Å². The standard InChI is InChI=1S/C4H5BrCl/c1-4(6)2-3-5/h1H,2-3H2. The van der Waals surface area contributed by atoms with Crippen LogP contribution in [-0.4, -0.2) is 5.33 Å². The zero-order valence-corrected chi connectivity index (χ0v) is 5.59. The molecule has 0 aromatic rings. The Morgan fingerprint density at radius 2 is 2.33 bits per heavy atom. The van der Waals surface area contributed by atoms with Crippen LogP contribution in [0, 0.1) is 6.58 Å². The molecule has 0 nitrogen and oxygen atoms in total. The largest absolute Gasteiger partial charge is 0.0924 e. The van der Waals surface area contributed by atoms with Gasteiger partial charge in [0.15, 0.2) is 0 Å². The Morgan fingerprint density at radius 3 is 2.33 bits per heavy atom. The molecule has 0 N–H and O–H groups in total. The Balaban J connectivity index is 2.83. The third kappa shape index (κ3) is 4.51. The second-order valence-corrected chi connectivity index (χ2v) is 2.16. The quantitative estimate of drug-likeness (QED) is 0.555. The molecule has 0 amide bonds. The second-order valence-electron chi connectivity index (χ2n) is 0.886. The zero-order valence-electron chi connectivity index (χ0n) is 3.25. The van der Waals surface area contributed by atoms with Gasteiger partial charge in [0, 0.05) is 10.4 Å². The Hall–Kier alpha value is 0.510. The van der Waals surface area contributed by atoms with Crippen LogP contribution < -0.4 is 0 Å². The molecule has 2 heteroatoms. The number of hydrogen-bond acceptors (Lipinski definition) is 0. The van der Waals surface area contributed by atoms with E-state index in [0.29, 0.717) is 5.03 Å². The molecular weight excluding hydrogens is 163 g/mol. The Labute approximate surface area is 51.3 Å². The summed E-state index contributed by atoms with van der Waals surface area (Å²) in [4.78, 5) is 0. The summed E-state index contributed by atoms with van der Waals surface area (Å²) in [5, 5.41) is 1.31. The molecular formula is C4H5BrCl. The topological polar surface area (TPSA) is 0 Å². The molecule has 0 aliphatic rings. The lowest BCUT2D eigenvalue weighted by Gasteiger charge is -1.82. The van der Waals surface area contributed by atoms with Gasteiger partial charge in [0.2, 0.25) is 0 Å². The van der Waals surface area contributed by atoms with E-state index in [-0.39, 0.29) is 0 Å². The molecule has 0 spiro atoms. The summed E-state index contributed by atoms with van der Waals surface area (Å²) >= 11 is 8.41. The van der Waals surface area contributed by atoms with E-state index in [1.165, 1.54) is 0 Å². The fraction of sp³-hybridized carbons (Fsp3) is 0.500. The van der Waals surface area contributed by atoms with Crippen molar-refractivity contribution in [3.8, 4) is 0 Å². The maximum Gasteiger partial charge on any atom is 0.0189 e. The predicted octanol–water partition coefficient (Wildman–Crippen LogP) is 2.33. The zero-order chi connectivity index (χ0) is 4.99. The molecule has 0 aliphatic heterocycles. The first-order valence-corrected chi connectivity index (χ1v) is 3.10. The number of hydrogen-bond donors (Lipinski definition) is 0. The van der Waals surface area contributed by atoms with Crippen LogP contribution in [0.25, 0.3) is 0 Å². The van der Waals surface area contributed by atoms with E-state index < -0.39 is 0 Å². The van der Waals surface area contributed by atoms with Crippen molar-refractivity contribution in [2.45, 2.75) is 6.42 Å². The highest BCUT2D eigenvalue weighted by Gasteiger charge is 1.80. The lowest BCUT2D eigenvalue weighted by atomic mass is 10.5. The Morgan fingerprint density at radius 1 is 1.83 bits per heavy atom. The van der Waals surface area contributed by atoms with Gasteiger partial charge in [-0.3, -0.25) is 0 Å². The van der Waals surface area contributed by atoms with Gasteiger partial charge in [0.1, 0.15) is 0 Å². The summed E-state index contributed by atoms with van der Waals surface area (Å²) in [7, 11) is 0. The summed E-state index contributed by atoms with van der Waals surface area (Å²) in [5.41, 5.74) is 0. The lowest BCUT2D eigenvalue weighted by Crippen LogP contribution is -1.67. The number of rotatable bonds is 2. The molecule has 0 rings (SSSR count). The first-order chi connectivity index (χ1) is 2.77. The SMILES string of the molecule is [CH]=C(Cl)CCBr. The van der Waals surface area contributed by atoms with Gasteiger partial charge < -0.3 is 0 Å².